The molecule has 2 atom stereocenters. The number of para-hydroxylation sites is 1. The van der Waals surface area contributed by atoms with E-state index in [0.717, 1.165) is 18.7 Å². The molecule has 2 unspecified atom stereocenters. The smallest absolute Gasteiger partial charge is 0.321 e. The number of nitrogens with zero attached hydrogens (tertiary/aromatic N) is 3. The minimum absolute atomic E-state index is 0.202. The summed E-state index contributed by atoms with van der Waals surface area (Å²) in [5.41, 5.74) is 1.93. The van der Waals surface area contributed by atoms with Crippen molar-refractivity contribution in [3.05, 3.63) is 65.2 Å². The number of rotatable bonds is 4. The van der Waals surface area contributed by atoms with Crippen LogP contribution < -0.4 is 10.2 Å². The fraction of sp³-hybridized carbons (Fsp3) is 0.348. The summed E-state index contributed by atoms with van der Waals surface area (Å²) in [6.45, 7) is 4.97. The van der Waals surface area contributed by atoms with Crippen molar-refractivity contribution >= 4 is 35.1 Å². The molecule has 7 nitrogen and oxygen atoms in total. The minimum atomic E-state index is -1.03. The van der Waals surface area contributed by atoms with Gasteiger partial charge in [0.15, 0.2) is 5.92 Å². The van der Waals surface area contributed by atoms with Crippen molar-refractivity contribution in [3.63, 3.8) is 0 Å². The zero-order valence-electron chi connectivity index (χ0n) is 17.3. The predicted octanol–water partition coefficient (Wildman–Crippen LogP) is 2.87. The summed E-state index contributed by atoms with van der Waals surface area (Å²) >= 11 is 6.02. The Balaban J connectivity index is 1.56. The minimum Gasteiger partial charge on any atom is -0.465 e. The molecule has 2 aliphatic heterocycles. The Morgan fingerprint density at radius 3 is 2.35 bits per heavy atom. The highest BCUT2D eigenvalue weighted by molar-refractivity contribution is 6.30. The second-order valence-corrected chi connectivity index (χ2v) is 7.91. The zero-order chi connectivity index (χ0) is 21.8. The van der Waals surface area contributed by atoms with Gasteiger partial charge in [-0.15, -0.1) is 0 Å². The Hall–Kier alpha value is -3.06. The number of anilines is 1. The fourth-order valence-corrected chi connectivity index (χ4v) is 4.07. The number of guanidine groups is 1. The van der Waals surface area contributed by atoms with E-state index in [1.54, 1.807) is 31.2 Å². The first kappa shape index (κ1) is 21.2. The third-order valence-corrected chi connectivity index (χ3v) is 5.80. The average Bonchev–Trinajstić information content (AvgIpc) is 2.80. The lowest BCUT2D eigenvalue weighted by Crippen LogP contribution is -2.57. The zero-order valence-corrected chi connectivity index (χ0v) is 18.1. The van der Waals surface area contributed by atoms with Gasteiger partial charge < -0.3 is 14.5 Å². The van der Waals surface area contributed by atoms with Gasteiger partial charge in [-0.25, -0.2) is 4.99 Å². The Labute approximate surface area is 186 Å². The largest absolute Gasteiger partial charge is 0.465 e. The highest BCUT2D eigenvalue weighted by atomic mass is 35.5. The number of halogens is 1. The summed E-state index contributed by atoms with van der Waals surface area (Å²) in [7, 11) is 0. The molecular weight excluding hydrogens is 416 g/mol. The molecule has 1 amide bonds. The molecule has 1 saturated heterocycles. The van der Waals surface area contributed by atoms with E-state index < -0.39 is 23.8 Å². The molecule has 8 heteroatoms. The summed E-state index contributed by atoms with van der Waals surface area (Å²) < 4.78 is 5.16. The van der Waals surface area contributed by atoms with E-state index in [9.17, 15) is 9.59 Å². The number of ether oxygens (including phenoxy) is 1. The van der Waals surface area contributed by atoms with Gasteiger partial charge in [0.25, 0.3) is 0 Å². The third kappa shape index (κ3) is 4.66. The van der Waals surface area contributed by atoms with Crippen LogP contribution in [0.1, 0.15) is 18.5 Å². The molecule has 1 N–H and O–H groups in total. The number of carbonyl (C=O) groups excluding carboxylic acids is 2. The molecular formula is C23H25ClN4O3. The molecule has 2 aromatic carbocycles. The van der Waals surface area contributed by atoms with Crippen LogP contribution >= 0.6 is 11.6 Å². The molecule has 1 fully saturated rings. The quantitative estimate of drug-likeness (QED) is 0.584. The lowest BCUT2D eigenvalue weighted by molar-refractivity contribution is -0.153. The van der Waals surface area contributed by atoms with Crippen molar-refractivity contribution in [1.29, 1.82) is 0 Å². The van der Waals surface area contributed by atoms with Crippen LogP contribution in [0.3, 0.4) is 0 Å². The number of hydrogen-bond acceptors (Lipinski definition) is 6. The van der Waals surface area contributed by atoms with Gasteiger partial charge in [-0.2, -0.15) is 0 Å². The molecule has 0 aliphatic carbocycles. The number of piperazine rings is 1. The van der Waals surface area contributed by atoms with Crippen molar-refractivity contribution in [2.24, 2.45) is 10.9 Å². The van der Waals surface area contributed by atoms with Crippen LogP contribution in [-0.4, -0.2) is 55.5 Å². The van der Waals surface area contributed by atoms with E-state index in [2.05, 4.69) is 27.2 Å². The van der Waals surface area contributed by atoms with Crippen molar-refractivity contribution in [1.82, 2.24) is 10.2 Å². The number of hydrogen-bond donors (Lipinski definition) is 1. The fourth-order valence-electron chi connectivity index (χ4n) is 3.94. The topological polar surface area (TPSA) is 74.2 Å². The van der Waals surface area contributed by atoms with E-state index in [-0.39, 0.29) is 6.61 Å². The SMILES string of the molecule is CCOC(=O)C1C(=O)NC(N2CCN(c3ccccc3)CC2)=NC1c1ccc(Cl)cc1. The molecule has 162 valence electrons. The maximum atomic E-state index is 12.9. The van der Waals surface area contributed by atoms with Gasteiger partial charge in [-0.3, -0.25) is 14.9 Å². The lowest BCUT2D eigenvalue weighted by Gasteiger charge is -2.39. The van der Waals surface area contributed by atoms with Gasteiger partial charge in [-0.05, 0) is 36.8 Å². The summed E-state index contributed by atoms with van der Waals surface area (Å²) in [6, 6.07) is 16.7. The monoisotopic (exact) mass is 440 g/mol. The molecule has 2 aliphatic rings. The normalized spacial score (nSPS) is 21.4. The molecule has 0 saturated carbocycles. The predicted molar refractivity (Wildman–Crippen MR) is 120 cm³/mol. The van der Waals surface area contributed by atoms with Gasteiger partial charge in [0, 0.05) is 36.9 Å². The van der Waals surface area contributed by atoms with E-state index in [0.29, 0.717) is 24.1 Å². The molecule has 0 bridgehead atoms. The van der Waals surface area contributed by atoms with Crippen LogP contribution in [0.4, 0.5) is 5.69 Å². The maximum Gasteiger partial charge on any atom is 0.321 e. The second-order valence-electron chi connectivity index (χ2n) is 7.48. The van der Waals surface area contributed by atoms with Gasteiger partial charge in [0.2, 0.25) is 11.9 Å². The summed E-state index contributed by atoms with van der Waals surface area (Å²) in [5.74, 6) is -1.50. The van der Waals surface area contributed by atoms with Crippen molar-refractivity contribution in [2.45, 2.75) is 13.0 Å². The number of carbonyl (C=O) groups is 2. The molecule has 0 aromatic heterocycles. The number of esters is 1. The second kappa shape index (κ2) is 9.39. The van der Waals surface area contributed by atoms with Crippen molar-refractivity contribution in [2.75, 3.05) is 37.7 Å². The molecule has 0 radical (unpaired) electrons. The van der Waals surface area contributed by atoms with Crippen LogP contribution in [0.25, 0.3) is 0 Å². The van der Waals surface area contributed by atoms with Crippen LogP contribution in [-0.2, 0) is 14.3 Å². The molecule has 2 heterocycles. The van der Waals surface area contributed by atoms with Crippen LogP contribution in [0, 0.1) is 5.92 Å². The summed E-state index contributed by atoms with van der Waals surface area (Å²) in [4.78, 5) is 34.6. The first-order chi connectivity index (χ1) is 15.1. The van der Waals surface area contributed by atoms with Gasteiger partial charge in [0.1, 0.15) is 6.04 Å². The van der Waals surface area contributed by atoms with Gasteiger partial charge in [0.05, 0.1) is 6.61 Å². The Bertz CT molecular complexity index is 957. The molecule has 31 heavy (non-hydrogen) atoms. The number of nitrogens with one attached hydrogen (secondary N) is 1. The maximum absolute atomic E-state index is 12.9. The average molecular weight is 441 g/mol. The van der Waals surface area contributed by atoms with Crippen molar-refractivity contribution < 1.29 is 14.3 Å². The molecule has 0 spiro atoms. The standard InChI is InChI=1S/C23H25ClN4O3/c1-2-31-22(30)19-20(16-8-10-17(24)11-9-16)25-23(26-21(19)29)28-14-12-27(13-15-28)18-6-4-3-5-7-18/h3-11,19-20H,2,12-15H2,1H3,(H,25,26,29). The number of benzene rings is 2. The van der Waals surface area contributed by atoms with E-state index in [1.807, 2.05) is 18.2 Å². The highest BCUT2D eigenvalue weighted by Gasteiger charge is 2.42. The van der Waals surface area contributed by atoms with Crippen molar-refractivity contribution in [3.8, 4) is 0 Å². The van der Waals surface area contributed by atoms with E-state index in [4.69, 9.17) is 21.3 Å². The first-order valence-corrected chi connectivity index (χ1v) is 10.8. The molecule has 4 rings (SSSR count). The van der Waals surface area contributed by atoms with E-state index in [1.165, 1.54) is 5.69 Å². The Morgan fingerprint density at radius 2 is 1.71 bits per heavy atom. The lowest BCUT2D eigenvalue weighted by atomic mass is 9.91. The number of aliphatic imine (C=N–C) groups is 1. The molecule has 2 aromatic rings. The van der Waals surface area contributed by atoms with Crippen LogP contribution in [0.5, 0.6) is 0 Å². The first-order valence-electron chi connectivity index (χ1n) is 10.4. The Kier molecular flexibility index (Phi) is 6.42. The number of amides is 1. The van der Waals surface area contributed by atoms with Gasteiger partial charge in [-0.1, -0.05) is 41.9 Å². The Morgan fingerprint density at radius 1 is 1.06 bits per heavy atom. The highest BCUT2D eigenvalue weighted by Crippen LogP contribution is 2.32. The summed E-state index contributed by atoms with van der Waals surface area (Å²) in [5, 5.41) is 3.41. The summed E-state index contributed by atoms with van der Waals surface area (Å²) in [6.07, 6.45) is 0. The van der Waals surface area contributed by atoms with Gasteiger partial charge >= 0.3 is 5.97 Å². The van der Waals surface area contributed by atoms with E-state index >= 15 is 0 Å². The van der Waals surface area contributed by atoms with Crippen LogP contribution in [0.2, 0.25) is 5.02 Å². The van der Waals surface area contributed by atoms with Crippen LogP contribution in [0.15, 0.2) is 59.6 Å². The third-order valence-electron chi connectivity index (χ3n) is 5.55.